The predicted octanol–water partition coefficient (Wildman–Crippen LogP) is 15.6. The first-order valence-electron chi connectivity index (χ1n) is 24.4. The number of benzene rings is 2. The van der Waals surface area contributed by atoms with Gasteiger partial charge in [-0.15, -0.1) is 6.07 Å². The minimum absolute atomic E-state index is 0. The Hall–Kier alpha value is 0.269. The summed E-state index contributed by atoms with van der Waals surface area (Å²) in [5, 5.41) is 0. The van der Waals surface area contributed by atoms with Crippen LogP contribution < -0.4 is 0 Å². The largest absolute Gasteiger partial charge is 0.475 e. The molecule has 17 heteroatoms. The second-order valence-corrected chi connectivity index (χ2v) is 45.1. The van der Waals surface area contributed by atoms with E-state index in [0.29, 0.717) is 28.7 Å². The Labute approximate surface area is 468 Å². The number of ketones is 3. The van der Waals surface area contributed by atoms with Gasteiger partial charge in [0.1, 0.15) is 17.3 Å². The van der Waals surface area contributed by atoms with Gasteiger partial charge in [0.15, 0.2) is 33.3 Å². The van der Waals surface area contributed by atoms with Gasteiger partial charge in [0, 0.05) is 65.4 Å². The van der Waals surface area contributed by atoms with Crippen molar-refractivity contribution in [1.29, 1.82) is 0 Å². The molecule has 0 fully saturated rings. The number of Topliss-reactive ketones (excluding diaryl/α,β-unsaturated/α-hetero) is 3. The topological polar surface area (TPSA) is 114 Å². The molecule has 0 saturated heterocycles. The predicted molar refractivity (Wildman–Crippen MR) is 289 cm³/mol. The molecule has 0 amide bonds. The fourth-order valence-corrected chi connectivity index (χ4v) is 36.3. The Morgan fingerprint density at radius 1 is 0.463 bits per heavy atom. The van der Waals surface area contributed by atoms with Gasteiger partial charge in [-0.1, -0.05) is 103 Å². The van der Waals surface area contributed by atoms with Crippen LogP contribution in [-0.2, 0) is 86.6 Å². The summed E-state index contributed by atoms with van der Waals surface area (Å²) in [5.74, 6) is -0.514. The molecule has 2 aromatic carbocycles. The van der Waals surface area contributed by atoms with Crippen molar-refractivity contribution < 1.29 is 106 Å². The van der Waals surface area contributed by atoms with Crippen LogP contribution >= 0.6 is 0 Å². The maximum Gasteiger partial charge on any atom is 0.311 e. The summed E-state index contributed by atoms with van der Waals surface area (Å²) in [6.07, 6.45) is 11.2. The number of rotatable bonds is 27. The van der Waals surface area contributed by atoms with Crippen molar-refractivity contribution in [3.8, 4) is 0 Å². The van der Waals surface area contributed by atoms with Crippen LogP contribution in [0.1, 0.15) is 154 Å². The molecule has 0 atom stereocenters. The molecule has 9 nitrogen and oxygen atoms in total. The summed E-state index contributed by atoms with van der Waals surface area (Å²) in [5.41, 5.74) is 1.93. The van der Waals surface area contributed by atoms with Gasteiger partial charge in [0.05, 0.1) is 7.11 Å². The van der Waals surface area contributed by atoms with Crippen molar-refractivity contribution >= 4 is 73.7 Å². The molecular weight excluding hydrogens is 1090 g/mol. The van der Waals surface area contributed by atoms with E-state index in [4.69, 9.17) is 16.5 Å². The van der Waals surface area contributed by atoms with Crippen LogP contribution in [0.25, 0.3) is 0 Å². The third kappa shape index (κ3) is 36.8. The number of unbranched alkanes of at least 4 members (excludes halogenated alkanes) is 5. The molecule has 0 bridgehead atoms. The van der Waals surface area contributed by atoms with E-state index >= 15 is 0 Å². The number of carbonyl (C=O) groups excluding carboxylic acids is 4. The third-order valence-electron chi connectivity index (χ3n) is 10.3. The second kappa shape index (κ2) is 37.1. The Balaban J connectivity index is -0.000000470. The summed E-state index contributed by atoms with van der Waals surface area (Å²) >= 11 is 0. The van der Waals surface area contributed by atoms with E-state index in [0.717, 1.165) is 18.9 Å². The van der Waals surface area contributed by atoms with Gasteiger partial charge in [0.2, 0.25) is 0 Å². The summed E-state index contributed by atoms with van der Waals surface area (Å²) in [6, 6.07) is 19.9. The quantitative estimate of drug-likeness (QED) is 0.0284. The molecule has 2 aromatic rings. The van der Waals surface area contributed by atoms with E-state index in [-0.39, 0.29) is 82.8 Å². The average Bonchev–Trinajstić information content (AvgIpc) is 3.20. The van der Waals surface area contributed by atoms with Crippen LogP contribution in [0.2, 0.25) is 103 Å². The SMILES string of the molecule is CC.CCCCC[Si](C)(C)O[Si](C)(C)O[Si](C)(C)CCCCC(=O)c1c[c-]cc(C(C)=O)c1.CCCC[Si](C)(C)O[Si](C)(C)O[Si](C)(C)CCCC.COC(=O)c1c[c-]cc(C(C)=O)c1.[Y].[Y]. The number of carbonyl (C=O) groups is 4. The molecule has 0 heterocycles. The van der Waals surface area contributed by atoms with Gasteiger partial charge < -0.3 is 35.6 Å². The standard InChI is InChI=1S/C24H43O4Si3.C14H36O2Si3.C10H9O3.C2H6.2Y/c1-9-10-12-18-29(3,4)27-31(7,8)28-30(5,6)19-13-11-17-24(26)23-16-14-15-22(20-23)21(2)25;1-9-11-13-17(3,4)15-19(7,8)16-18(5,6)14-12-10-2;1-7(11)8-4-3-5-9(6-8)10(12)13-2;1-2;;/h15-16,20H,9-13,17-19H2,1-8H3;9-14H2,1-8H3;4-6H,1-2H3;1-2H3;;/q-1;;-1;;;. The maximum atomic E-state index is 12.5. The third-order valence-corrected chi connectivity index (χ3v) is 33.2. The van der Waals surface area contributed by atoms with Crippen molar-refractivity contribution in [3.63, 3.8) is 0 Å². The first kappa shape index (κ1) is 73.8. The minimum atomic E-state index is -2.17. The summed E-state index contributed by atoms with van der Waals surface area (Å²) in [6.45, 7) is 41.1. The summed E-state index contributed by atoms with van der Waals surface area (Å²) in [4.78, 5) is 46.0. The van der Waals surface area contributed by atoms with Crippen LogP contribution in [0.4, 0.5) is 0 Å². The number of methoxy groups -OCH3 is 1. The van der Waals surface area contributed by atoms with E-state index < -0.39 is 56.4 Å². The number of esters is 1. The van der Waals surface area contributed by atoms with Gasteiger partial charge in [-0.25, -0.2) is 0 Å². The van der Waals surface area contributed by atoms with Gasteiger partial charge >= 0.3 is 17.1 Å². The molecule has 0 aliphatic heterocycles. The molecule has 0 aliphatic rings. The van der Waals surface area contributed by atoms with Crippen molar-refractivity contribution in [2.24, 2.45) is 0 Å². The zero-order valence-corrected chi connectivity index (χ0v) is 57.9. The zero-order chi connectivity index (χ0) is 50.7. The smallest absolute Gasteiger partial charge is 0.311 e. The molecule has 0 spiro atoms. The van der Waals surface area contributed by atoms with Crippen molar-refractivity contribution in [2.45, 2.75) is 215 Å². The van der Waals surface area contributed by atoms with Gasteiger partial charge in [0.25, 0.3) is 5.97 Å². The number of hydrogen-bond acceptors (Lipinski definition) is 9. The molecular formula is C50H94O9Si6Y2-2. The Morgan fingerprint density at radius 2 is 0.761 bits per heavy atom. The first-order valence-corrected chi connectivity index (χ1v) is 42.5. The van der Waals surface area contributed by atoms with Crippen molar-refractivity contribution in [3.05, 3.63) is 70.8 Å². The molecule has 2 rings (SSSR count). The van der Waals surface area contributed by atoms with E-state index in [2.05, 4.69) is 116 Å². The second-order valence-electron chi connectivity index (χ2n) is 20.2. The normalized spacial score (nSPS) is 11.8. The molecule has 2 radical (unpaired) electrons. The Bertz CT molecular complexity index is 1680. The Kier molecular flexibility index (Phi) is 40.8. The van der Waals surface area contributed by atoms with Crippen molar-refractivity contribution in [2.75, 3.05) is 7.11 Å². The molecule has 0 aromatic heterocycles. The van der Waals surface area contributed by atoms with Gasteiger partial charge in [-0.2, -0.15) is 42.5 Å². The van der Waals surface area contributed by atoms with Crippen LogP contribution in [-0.4, -0.2) is 80.8 Å². The van der Waals surface area contributed by atoms with Crippen molar-refractivity contribution in [1.82, 2.24) is 0 Å². The van der Waals surface area contributed by atoms with Crippen LogP contribution in [0.5, 0.6) is 0 Å². The molecule has 67 heavy (non-hydrogen) atoms. The molecule has 0 unspecified atom stereocenters. The fourth-order valence-electron chi connectivity index (χ4n) is 7.64. The minimum Gasteiger partial charge on any atom is -0.475 e. The number of hydrogen-bond donors (Lipinski definition) is 0. The van der Waals surface area contributed by atoms with Gasteiger partial charge in [-0.3, -0.25) is 4.79 Å². The number of ether oxygens (including phenoxy) is 1. The monoisotopic (exact) mass is 1180 g/mol. The molecule has 0 N–H and O–H groups in total. The van der Waals surface area contributed by atoms with Crippen LogP contribution in [0.3, 0.4) is 0 Å². The van der Waals surface area contributed by atoms with Crippen LogP contribution in [0, 0.1) is 12.1 Å². The maximum absolute atomic E-state index is 12.5. The molecule has 380 valence electrons. The first-order chi connectivity index (χ1) is 30.0. The zero-order valence-electron chi connectivity index (χ0n) is 46.2. The fraction of sp³-hybridized carbons (Fsp3) is 0.680. The van der Waals surface area contributed by atoms with Gasteiger partial charge in [-0.05, 0) is 135 Å². The van der Waals surface area contributed by atoms with E-state index in [9.17, 15) is 19.2 Å². The summed E-state index contributed by atoms with van der Waals surface area (Å²) in [7, 11) is -9.43. The average molecular weight is 1190 g/mol. The Morgan fingerprint density at radius 3 is 1.09 bits per heavy atom. The van der Waals surface area contributed by atoms with E-state index in [1.54, 1.807) is 18.2 Å². The van der Waals surface area contributed by atoms with E-state index in [1.165, 1.54) is 102 Å². The van der Waals surface area contributed by atoms with Crippen LogP contribution in [0.15, 0.2) is 36.4 Å². The summed E-state index contributed by atoms with van der Waals surface area (Å²) < 4.78 is 30.9. The molecule has 0 saturated carbocycles. The van der Waals surface area contributed by atoms with E-state index in [1.807, 2.05) is 13.8 Å². The molecule has 0 aliphatic carbocycles.